The highest BCUT2D eigenvalue weighted by molar-refractivity contribution is 5.90. The number of anilines is 1. The molecular formula is C14H15F3N2O2. The van der Waals surface area contributed by atoms with Gasteiger partial charge < -0.3 is 15.8 Å². The first-order valence-corrected chi connectivity index (χ1v) is 6.14. The molecule has 0 radical (unpaired) electrons. The van der Waals surface area contributed by atoms with Gasteiger partial charge in [-0.2, -0.15) is 13.2 Å². The largest absolute Gasteiger partial charge is 0.411 e. The van der Waals surface area contributed by atoms with Gasteiger partial charge in [-0.15, -0.1) is 0 Å². The number of amides is 1. The Balaban J connectivity index is 2.41. The second-order valence-electron chi connectivity index (χ2n) is 4.05. The summed E-state index contributed by atoms with van der Waals surface area (Å²) in [5.41, 5.74) is 6.46. The molecule has 0 heterocycles. The van der Waals surface area contributed by atoms with Crippen LogP contribution < -0.4 is 11.1 Å². The van der Waals surface area contributed by atoms with E-state index in [4.69, 9.17) is 5.73 Å². The fourth-order valence-corrected chi connectivity index (χ4v) is 1.40. The van der Waals surface area contributed by atoms with E-state index in [1.807, 2.05) is 0 Å². The molecule has 1 rings (SSSR count). The average Bonchev–Trinajstić information content (AvgIpc) is 2.41. The van der Waals surface area contributed by atoms with Crippen LogP contribution in [0.4, 0.5) is 18.9 Å². The Labute approximate surface area is 120 Å². The summed E-state index contributed by atoms with van der Waals surface area (Å²) in [6, 6.07) is 6.76. The van der Waals surface area contributed by atoms with Gasteiger partial charge in [0.05, 0.1) is 19.6 Å². The molecule has 21 heavy (non-hydrogen) atoms. The predicted molar refractivity (Wildman–Crippen MR) is 72.5 cm³/mol. The number of hydrogen-bond donors (Lipinski definition) is 2. The molecule has 0 aromatic heterocycles. The third kappa shape index (κ3) is 7.97. The molecule has 0 unspecified atom stereocenters. The van der Waals surface area contributed by atoms with Crippen molar-refractivity contribution in [2.24, 2.45) is 5.73 Å². The normalized spacial score (nSPS) is 10.7. The molecule has 1 aromatic rings. The summed E-state index contributed by atoms with van der Waals surface area (Å²) in [5, 5.41) is 2.56. The van der Waals surface area contributed by atoms with Crippen LogP contribution in [0.1, 0.15) is 12.0 Å². The molecule has 0 aliphatic heterocycles. The molecule has 0 bridgehead atoms. The van der Waals surface area contributed by atoms with Gasteiger partial charge in [0.1, 0.15) is 6.61 Å². The van der Waals surface area contributed by atoms with Crippen molar-refractivity contribution in [2.45, 2.75) is 12.6 Å². The lowest BCUT2D eigenvalue weighted by atomic mass is 10.2. The lowest BCUT2D eigenvalue weighted by Gasteiger charge is -2.08. The number of nitrogens with two attached hydrogens (primary N) is 1. The summed E-state index contributed by atoms with van der Waals surface area (Å²) in [6.45, 7) is -1.42. The van der Waals surface area contributed by atoms with Gasteiger partial charge in [0.25, 0.3) is 0 Å². The number of ether oxygens (including phenoxy) is 1. The summed E-state index contributed by atoms with van der Waals surface area (Å²) in [7, 11) is 0. The zero-order valence-corrected chi connectivity index (χ0v) is 11.2. The topological polar surface area (TPSA) is 64.3 Å². The standard InChI is InChI=1S/C14H15F3N2O2/c15-14(16,17)10-21-8-6-13(20)19-12-5-1-3-11(9-12)4-2-7-18/h1,3,5,9H,6-8,10,18H2,(H,19,20). The number of carbonyl (C=O) groups is 1. The van der Waals surface area contributed by atoms with Gasteiger partial charge in [-0.05, 0) is 18.2 Å². The summed E-state index contributed by atoms with van der Waals surface area (Å²) in [6.07, 6.45) is -4.54. The zero-order valence-electron chi connectivity index (χ0n) is 11.2. The average molecular weight is 300 g/mol. The molecule has 0 aliphatic carbocycles. The number of carbonyl (C=O) groups excluding carboxylic acids is 1. The number of nitrogens with one attached hydrogen (secondary N) is 1. The number of benzene rings is 1. The van der Waals surface area contributed by atoms with Crippen molar-refractivity contribution in [2.75, 3.05) is 25.1 Å². The van der Waals surface area contributed by atoms with E-state index in [0.717, 1.165) is 0 Å². The predicted octanol–water partition coefficient (Wildman–Crippen LogP) is 1.90. The Kier molecular flexibility index (Phi) is 6.72. The third-order valence-electron chi connectivity index (χ3n) is 2.22. The van der Waals surface area contributed by atoms with E-state index in [0.29, 0.717) is 11.3 Å². The molecule has 0 fully saturated rings. The van der Waals surface area contributed by atoms with E-state index in [1.54, 1.807) is 24.3 Å². The Morgan fingerprint density at radius 2 is 2.14 bits per heavy atom. The minimum absolute atomic E-state index is 0.158. The highest BCUT2D eigenvalue weighted by Crippen LogP contribution is 2.14. The fourth-order valence-electron chi connectivity index (χ4n) is 1.40. The molecule has 1 amide bonds. The van der Waals surface area contributed by atoms with Crippen LogP contribution in [0.2, 0.25) is 0 Å². The number of hydrogen-bond acceptors (Lipinski definition) is 3. The van der Waals surface area contributed by atoms with E-state index >= 15 is 0 Å². The highest BCUT2D eigenvalue weighted by atomic mass is 19.4. The van der Waals surface area contributed by atoms with Gasteiger partial charge in [-0.1, -0.05) is 17.9 Å². The van der Waals surface area contributed by atoms with Crippen LogP contribution in [0.3, 0.4) is 0 Å². The molecule has 0 atom stereocenters. The van der Waals surface area contributed by atoms with Gasteiger partial charge in [0.2, 0.25) is 5.91 Å². The zero-order chi connectivity index (χ0) is 15.7. The maximum Gasteiger partial charge on any atom is 0.411 e. The van der Waals surface area contributed by atoms with Gasteiger partial charge in [0, 0.05) is 11.3 Å². The van der Waals surface area contributed by atoms with Crippen LogP contribution in [-0.2, 0) is 9.53 Å². The summed E-state index contributed by atoms with van der Waals surface area (Å²) in [5.74, 6) is 5.06. The van der Waals surface area contributed by atoms with E-state index in [9.17, 15) is 18.0 Å². The van der Waals surface area contributed by atoms with Gasteiger partial charge in [-0.25, -0.2) is 0 Å². The van der Waals surface area contributed by atoms with Crippen molar-refractivity contribution in [1.29, 1.82) is 0 Å². The molecule has 7 heteroatoms. The first-order chi connectivity index (χ1) is 9.90. The molecule has 114 valence electrons. The fraction of sp³-hybridized carbons (Fsp3) is 0.357. The summed E-state index contributed by atoms with van der Waals surface area (Å²) in [4.78, 5) is 11.5. The van der Waals surface area contributed by atoms with E-state index in [2.05, 4.69) is 21.9 Å². The lowest BCUT2D eigenvalue weighted by molar-refractivity contribution is -0.174. The molecular weight excluding hydrogens is 285 g/mol. The minimum Gasteiger partial charge on any atom is -0.372 e. The minimum atomic E-state index is -4.38. The number of rotatable bonds is 5. The molecule has 3 N–H and O–H groups in total. The smallest absolute Gasteiger partial charge is 0.372 e. The molecule has 0 saturated heterocycles. The number of halogens is 3. The Hall–Kier alpha value is -2.04. The second kappa shape index (κ2) is 8.29. The van der Waals surface area contributed by atoms with Gasteiger partial charge >= 0.3 is 6.18 Å². The van der Waals surface area contributed by atoms with E-state index in [1.165, 1.54) is 0 Å². The maximum atomic E-state index is 11.8. The molecule has 0 saturated carbocycles. The van der Waals surface area contributed by atoms with Crippen molar-refractivity contribution >= 4 is 11.6 Å². The van der Waals surface area contributed by atoms with Crippen LogP contribution in [0.25, 0.3) is 0 Å². The molecule has 4 nitrogen and oxygen atoms in total. The van der Waals surface area contributed by atoms with Crippen molar-refractivity contribution < 1.29 is 22.7 Å². The number of alkyl halides is 3. The second-order valence-corrected chi connectivity index (χ2v) is 4.05. The first-order valence-electron chi connectivity index (χ1n) is 6.14. The summed E-state index contributed by atoms with van der Waals surface area (Å²) < 4.78 is 39.8. The first kappa shape index (κ1) is 17.0. The van der Waals surface area contributed by atoms with E-state index in [-0.39, 0.29) is 19.6 Å². The van der Waals surface area contributed by atoms with Crippen LogP contribution in [-0.4, -0.2) is 31.8 Å². The quantitative estimate of drug-likeness (QED) is 0.645. The van der Waals surface area contributed by atoms with Crippen molar-refractivity contribution in [3.05, 3.63) is 29.8 Å². The monoisotopic (exact) mass is 300 g/mol. The lowest BCUT2D eigenvalue weighted by Crippen LogP contribution is -2.20. The Morgan fingerprint density at radius 3 is 2.81 bits per heavy atom. The van der Waals surface area contributed by atoms with Crippen LogP contribution in [0.15, 0.2) is 24.3 Å². The van der Waals surface area contributed by atoms with Gasteiger partial charge in [0.15, 0.2) is 0 Å². The van der Waals surface area contributed by atoms with Crippen LogP contribution in [0.5, 0.6) is 0 Å². The van der Waals surface area contributed by atoms with Crippen LogP contribution >= 0.6 is 0 Å². The Morgan fingerprint density at radius 1 is 1.38 bits per heavy atom. The van der Waals surface area contributed by atoms with Gasteiger partial charge in [-0.3, -0.25) is 4.79 Å². The van der Waals surface area contributed by atoms with Crippen molar-refractivity contribution in [3.63, 3.8) is 0 Å². The highest BCUT2D eigenvalue weighted by Gasteiger charge is 2.27. The van der Waals surface area contributed by atoms with Crippen molar-refractivity contribution in [3.8, 4) is 11.8 Å². The Bertz CT molecular complexity index is 533. The summed E-state index contributed by atoms with van der Waals surface area (Å²) >= 11 is 0. The maximum absolute atomic E-state index is 11.8. The SMILES string of the molecule is NCC#Cc1cccc(NC(=O)CCOCC(F)(F)F)c1. The molecule has 0 aliphatic rings. The molecule has 0 spiro atoms. The molecule has 1 aromatic carbocycles. The van der Waals surface area contributed by atoms with Crippen molar-refractivity contribution in [1.82, 2.24) is 0 Å². The van der Waals surface area contributed by atoms with E-state index < -0.39 is 18.7 Å². The third-order valence-corrected chi connectivity index (χ3v) is 2.22. The van der Waals surface area contributed by atoms with Crippen LogP contribution in [0, 0.1) is 11.8 Å².